The molecule has 5 N–H and O–H groups in total. The van der Waals surface area contributed by atoms with Crippen molar-refractivity contribution >= 4 is 27.7 Å². The van der Waals surface area contributed by atoms with Crippen molar-refractivity contribution < 1.29 is 42.1 Å². The Hall–Kier alpha value is -2.73. The van der Waals surface area contributed by atoms with Crippen LogP contribution in [0.25, 0.3) is 0 Å². The predicted molar refractivity (Wildman–Crippen MR) is 152 cm³/mol. The molecule has 0 unspecified atom stereocenters. The number of aliphatic hydroxyl groups is 2. The first-order valence-electron chi connectivity index (χ1n) is 15.1. The van der Waals surface area contributed by atoms with Crippen LogP contribution in [0.15, 0.2) is 29.2 Å². The highest BCUT2D eigenvalue weighted by atomic mass is 32.2. The van der Waals surface area contributed by atoms with Crippen LogP contribution in [0.5, 0.6) is 0 Å². The number of nitrogens with zero attached hydrogens (tertiary/aromatic N) is 3. The lowest BCUT2D eigenvalue weighted by Crippen LogP contribution is -2.63. The molecule has 5 saturated heterocycles. The molecule has 1 aromatic carbocycles. The Kier molecular flexibility index (Phi) is 8.94. The van der Waals surface area contributed by atoms with Gasteiger partial charge in [0, 0.05) is 44.8 Å². The largest absolute Gasteiger partial charge is 0.388 e. The molecule has 5 aliphatic heterocycles. The topological polar surface area (TPSA) is 181 Å². The van der Waals surface area contributed by atoms with Crippen molar-refractivity contribution in [1.29, 1.82) is 0 Å². The van der Waals surface area contributed by atoms with Crippen LogP contribution in [0.4, 0.5) is 4.39 Å². The number of amides is 3. The van der Waals surface area contributed by atoms with E-state index in [9.17, 15) is 37.4 Å². The Morgan fingerprint density at radius 1 is 0.977 bits per heavy atom. The maximum atomic E-state index is 14.1. The number of hydrogen-bond donors (Lipinski definition) is 5. The standard InChI is InChI=1S/C28H39FN6O8S/c29-16-2-1-3-19(10-16)44(41,42)35-9-8-33-15-21(35)27(39)31-13-23-26(38)25(37)22(43-23)12-24(36)32-17-11-20(28(33)40)34(14-17)18-4-6-30-7-5-18/h1-3,10,17-18,20-23,25-26,30,37-38H,4-9,11-15H2,(H,31,39)(H,32,36)/t17-,20-,21-,22-,23+,25-,26+/m0/s1. The van der Waals surface area contributed by atoms with Gasteiger partial charge in [-0.05, 0) is 50.6 Å². The maximum absolute atomic E-state index is 14.1. The molecule has 7 atom stereocenters. The Balaban J connectivity index is 1.32. The van der Waals surface area contributed by atoms with Gasteiger partial charge in [0.25, 0.3) is 0 Å². The molecule has 5 fully saturated rings. The lowest BCUT2D eigenvalue weighted by atomic mass is 10.0. The number of ether oxygens (including phenoxy) is 1. The second-order valence-electron chi connectivity index (χ2n) is 12.2. The van der Waals surface area contributed by atoms with E-state index in [1.807, 2.05) is 0 Å². The molecule has 44 heavy (non-hydrogen) atoms. The first kappa shape index (κ1) is 31.3. The molecule has 0 radical (unpaired) electrons. The average molecular weight is 639 g/mol. The average Bonchev–Trinajstić information content (AvgIpc) is 3.55. The van der Waals surface area contributed by atoms with E-state index in [-0.39, 0.29) is 61.4 Å². The van der Waals surface area contributed by atoms with Crippen LogP contribution in [-0.4, -0.2) is 145 Å². The molecule has 14 nitrogen and oxygen atoms in total. The number of carbonyl (C=O) groups is 3. The maximum Gasteiger partial charge on any atom is 0.244 e. The molecular weight excluding hydrogens is 599 g/mol. The number of halogens is 1. The predicted octanol–water partition coefficient (Wildman–Crippen LogP) is -2.65. The van der Waals surface area contributed by atoms with Gasteiger partial charge in [-0.25, -0.2) is 12.8 Å². The Labute approximate surface area is 254 Å². The number of sulfonamides is 1. The number of benzene rings is 1. The zero-order chi connectivity index (χ0) is 31.2. The van der Waals surface area contributed by atoms with E-state index in [4.69, 9.17) is 4.74 Å². The van der Waals surface area contributed by atoms with Gasteiger partial charge in [0.2, 0.25) is 27.7 Å². The van der Waals surface area contributed by atoms with Gasteiger partial charge in [-0.3, -0.25) is 19.3 Å². The monoisotopic (exact) mass is 638 g/mol. The number of piperazine rings is 1. The number of carbonyl (C=O) groups excluding carboxylic acids is 3. The molecule has 242 valence electrons. The molecule has 3 amide bonds. The van der Waals surface area contributed by atoms with Crippen molar-refractivity contribution in [3.8, 4) is 0 Å². The summed E-state index contributed by atoms with van der Waals surface area (Å²) in [4.78, 5) is 44.1. The summed E-state index contributed by atoms with van der Waals surface area (Å²) in [6, 6.07) is 2.32. The zero-order valence-electron chi connectivity index (χ0n) is 24.2. The van der Waals surface area contributed by atoms with Gasteiger partial charge in [0.05, 0.1) is 23.5 Å². The number of hydrogen-bond acceptors (Lipinski definition) is 10. The SMILES string of the molecule is O=C1C[C@@H]2O[C@H](CNC(=O)[C@@H]3CN(CCN3S(=O)(=O)c3cccc(F)c3)C(=O)[C@@H]3C[C@@H](CN3C3CCNCC3)N1)[C@@H](O)[C@H]2O. The quantitative estimate of drug-likeness (QED) is 0.235. The second-order valence-corrected chi connectivity index (χ2v) is 14.1. The number of piperidine rings is 1. The van der Waals surface area contributed by atoms with Crippen molar-refractivity contribution in [2.45, 2.75) is 79.2 Å². The Bertz CT molecular complexity index is 1380. The summed E-state index contributed by atoms with van der Waals surface area (Å²) >= 11 is 0. The van der Waals surface area contributed by atoms with Gasteiger partial charge in [0.15, 0.2) is 0 Å². The van der Waals surface area contributed by atoms with E-state index in [0.29, 0.717) is 13.0 Å². The third-order valence-electron chi connectivity index (χ3n) is 9.44. The number of likely N-dealkylation sites (tertiary alicyclic amines) is 1. The minimum atomic E-state index is -4.34. The first-order chi connectivity index (χ1) is 21.0. The van der Waals surface area contributed by atoms with Crippen molar-refractivity contribution in [2.75, 3.05) is 45.8 Å². The highest BCUT2D eigenvalue weighted by Crippen LogP contribution is 2.30. The molecule has 1 aromatic rings. The number of aliphatic hydroxyl groups excluding tert-OH is 2. The summed E-state index contributed by atoms with van der Waals surface area (Å²) in [7, 11) is -4.34. The summed E-state index contributed by atoms with van der Waals surface area (Å²) < 4.78 is 48.2. The van der Waals surface area contributed by atoms with Crippen LogP contribution in [0.3, 0.4) is 0 Å². The molecule has 0 spiro atoms. The van der Waals surface area contributed by atoms with Gasteiger partial charge in [0.1, 0.15) is 30.2 Å². The zero-order valence-corrected chi connectivity index (χ0v) is 25.0. The summed E-state index contributed by atoms with van der Waals surface area (Å²) in [5.41, 5.74) is 0. The van der Waals surface area contributed by atoms with Crippen LogP contribution >= 0.6 is 0 Å². The van der Waals surface area contributed by atoms with Crippen LogP contribution in [-0.2, 0) is 29.1 Å². The Morgan fingerprint density at radius 2 is 1.73 bits per heavy atom. The Morgan fingerprint density at radius 3 is 2.48 bits per heavy atom. The highest BCUT2D eigenvalue weighted by molar-refractivity contribution is 7.89. The fraction of sp³-hybridized carbons (Fsp3) is 0.679. The summed E-state index contributed by atoms with van der Waals surface area (Å²) in [5.74, 6) is -2.11. The van der Waals surface area contributed by atoms with Crippen LogP contribution in [0.1, 0.15) is 25.7 Å². The third kappa shape index (κ3) is 6.08. The smallest absolute Gasteiger partial charge is 0.244 e. The molecule has 6 bridgehead atoms. The molecule has 0 aliphatic carbocycles. The fourth-order valence-electron chi connectivity index (χ4n) is 7.14. The van der Waals surface area contributed by atoms with Crippen LogP contribution in [0, 0.1) is 5.82 Å². The number of fused-ring (bicyclic) bond motifs is 6. The lowest BCUT2D eigenvalue weighted by molar-refractivity contribution is -0.141. The molecule has 0 saturated carbocycles. The molecule has 6 rings (SSSR count). The second kappa shape index (κ2) is 12.6. The molecule has 5 aliphatic rings. The summed E-state index contributed by atoms with van der Waals surface area (Å²) in [6.45, 7) is 1.31. The van der Waals surface area contributed by atoms with Crippen molar-refractivity contribution in [2.24, 2.45) is 0 Å². The van der Waals surface area contributed by atoms with E-state index in [0.717, 1.165) is 42.4 Å². The lowest BCUT2D eigenvalue weighted by Gasteiger charge is -2.42. The minimum Gasteiger partial charge on any atom is -0.388 e. The van der Waals surface area contributed by atoms with Gasteiger partial charge in [-0.1, -0.05) is 6.07 Å². The summed E-state index contributed by atoms with van der Waals surface area (Å²) in [6.07, 6.45) is -3.11. The molecular formula is C28H39FN6O8S. The van der Waals surface area contributed by atoms with E-state index in [1.165, 1.54) is 17.0 Å². The fourth-order valence-corrected chi connectivity index (χ4v) is 8.75. The van der Waals surface area contributed by atoms with Gasteiger partial charge >= 0.3 is 0 Å². The van der Waals surface area contributed by atoms with E-state index < -0.39 is 58.2 Å². The highest BCUT2D eigenvalue weighted by Gasteiger charge is 2.49. The molecule has 5 heterocycles. The minimum absolute atomic E-state index is 0.0169. The van der Waals surface area contributed by atoms with Crippen LogP contribution < -0.4 is 16.0 Å². The number of rotatable bonds is 3. The third-order valence-corrected chi connectivity index (χ3v) is 11.3. The van der Waals surface area contributed by atoms with Gasteiger partial charge in [-0.2, -0.15) is 4.31 Å². The molecule has 16 heteroatoms. The van der Waals surface area contributed by atoms with E-state index in [1.54, 1.807) is 0 Å². The number of nitrogens with one attached hydrogen (secondary N) is 3. The van der Waals surface area contributed by atoms with E-state index in [2.05, 4.69) is 20.9 Å². The van der Waals surface area contributed by atoms with E-state index >= 15 is 0 Å². The van der Waals surface area contributed by atoms with Gasteiger partial charge < -0.3 is 35.8 Å². The normalized spacial score (nSPS) is 35.0. The van der Waals surface area contributed by atoms with Crippen molar-refractivity contribution in [3.05, 3.63) is 30.1 Å². The van der Waals surface area contributed by atoms with Crippen molar-refractivity contribution in [1.82, 2.24) is 30.1 Å². The first-order valence-corrected chi connectivity index (χ1v) is 16.6. The molecule has 0 aromatic heterocycles. The van der Waals surface area contributed by atoms with Gasteiger partial charge in [-0.15, -0.1) is 0 Å². The summed E-state index contributed by atoms with van der Waals surface area (Å²) in [5, 5.41) is 30.1. The van der Waals surface area contributed by atoms with Crippen molar-refractivity contribution in [3.63, 3.8) is 0 Å². The van der Waals surface area contributed by atoms with Crippen LogP contribution in [0.2, 0.25) is 0 Å².